The van der Waals surface area contributed by atoms with Gasteiger partial charge in [-0.25, -0.2) is 14.3 Å². The number of sulfone groups is 1. The molecule has 18 heavy (non-hydrogen) atoms. The van der Waals surface area contributed by atoms with E-state index >= 15 is 0 Å². The molecule has 0 aromatic carbocycles. The van der Waals surface area contributed by atoms with Crippen molar-refractivity contribution in [1.29, 1.82) is 0 Å². The third-order valence-corrected chi connectivity index (χ3v) is 4.47. The summed E-state index contributed by atoms with van der Waals surface area (Å²) >= 11 is 0. The molecule has 0 bridgehead atoms. The van der Waals surface area contributed by atoms with Crippen molar-refractivity contribution >= 4 is 15.7 Å². The molecule has 0 spiro atoms. The number of amides is 1. The number of furan rings is 1. The Labute approximate surface area is 105 Å². The van der Waals surface area contributed by atoms with Crippen molar-refractivity contribution in [2.75, 3.05) is 24.6 Å². The van der Waals surface area contributed by atoms with Gasteiger partial charge in [-0.3, -0.25) is 15.1 Å². The number of nitrogen functional groups attached to an aromatic ring is 1. The van der Waals surface area contributed by atoms with Gasteiger partial charge in [0.05, 0.1) is 23.6 Å². The maximum absolute atomic E-state index is 11.3. The zero-order valence-corrected chi connectivity index (χ0v) is 10.6. The van der Waals surface area contributed by atoms with Crippen molar-refractivity contribution in [2.45, 2.75) is 6.54 Å². The first kappa shape index (κ1) is 13.1. The fourth-order valence-corrected chi connectivity index (χ4v) is 3.07. The normalized spacial score (nSPS) is 19.6. The minimum absolute atomic E-state index is 0.170. The van der Waals surface area contributed by atoms with E-state index in [1.165, 1.54) is 6.26 Å². The lowest BCUT2D eigenvalue weighted by Crippen LogP contribution is -2.39. The van der Waals surface area contributed by atoms with Gasteiger partial charge in [-0.1, -0.05) is 0 Å². The Morgan fingerprint density at radius 2 is 2.11 bits per heavy atom. The average Bonchev–Trinajstić information content (AvgIpc) is 2.79. The van der Waals surface area contributed by atoms with Gasteiger partial charge in [-0.05, 0) is 6.07 Å². The van der Waals surface area contributed by atoms with Gasteiger partial charge < -0.3 is 4.42 Å². The fourth-order valence-electron chi connectivity index (χ4n) is 1.79. The highest BCUT2D eigenvalue weighted by atomic mass is 32.2. The molecule has 7 nitrogen and oxygen atoms in total. The zero-order chi connectivity index (χ0) is 13.2. The second kappa shape index (κ2) is 5.09. The number of nitrogens with zero attached hydrogens (tertiary/aromatic N) is 1. The molecule has 1 aliphatic rings. The number of nitrogens with two attached hydrogens (primary N) is 1. The molecular formula is C10H15N3O4S. The van der Waals surface area contributed by atoms with Crippen LogP contribution in [0.1, 0.15) is 16.1 Å². The maximum Gasteiger partial charge on any atom is 0.268 e. The summed E-state index contributed by atoms with van der Waals surface area (Å²) in [4.78, 5) is 13.2. The van der Waals surface area contributed by atoms with Gasteiger partial charge in [0.2, 0.25) is 0 Å². The summed E-state index contributed by atoms with van der Waals surface area (Å²) in [6.45, 7) is 1.47. The predicted octanol–water partition coefficient (Wildman–Crippen LogP) is -0.886. The standard InChI is InChI=1S/C10H15N3O4S/c11-12-10(14)8-5-9(17-7-8)6-13-1-3-18(15,16)4-2-13/h5,7H,1-4,6,11H2,(H,12,14). The number of rotatable bonds is 3. The van der Waals surface area contributed by atoms with Crippen LogP contribution in [0.25, 0.3) is 0 Å². The lowest BCUT2D eigenvalue weighted by Gasteiger charge is -2.25. The van der Waals surface area contributed by atoms with Crippen molar-refractivity contribution in [3.8, 4) is 0 Å². The van der Waals surface area contributed by atoms with Crippen molar-refractivity contribution in [3.05, 3.63) is 23.7 Å². The highest BCUT2D eigenvalue weighted by molar-refractivity contribution is 7.91. The lowest BCUT2D eigenvalue weighted by molar-refractivity contribution is 0.0953. The lowest BCUT2D eigenvalue weighted by atomic mass is 10.3. The monoisotopic (exact) mass is 273 g/mol. The van der Waals surface area contributed by atoms with Crippen LogP contribution in [0.15, 0.2) is 16.7 Å². The summed E-state index contributed by atoms with van der Waals surface area (Å²) in [7, 11) is -2.87. The van der Waals surface area contributed by atoms with Gasteiger partial charge in [-0.15, -0.1) is 0 Å². The van der Waals surface area contributed by atoms with Crippen LogP contribution in [-0.2, 0) is 16.4 Å². The molecule has 0 unspecified atom stereocenters. The summed E-state index contributed by atoms with van der Waals surface area (Å²) in [5.41, 5.74) is 2.38. The Kier molecular flexibility index (Phi) is 3.69. The molecule has 0 radical (unpaired) electrons. The largest absolute Gasteiger partial charge is 0.467 e. The van der Waals surface area contributed by atoms with Crippen molar-refractivity contribution in [1.82, 2.24) is 10.3 Å². The minimum Gasteiger partial charge on any atom is -0.467 e. The molecule has 1 aromatic rings. The van der Waals surface area contributed by atoms with Crippen LogP contribution in [-0.4, -0.2) is 43.8 Å². The second-order valence-corrected chi connectivity index (χ2v) is 6.51. The van der Waals surface area contributed by atoms with E-state index in [0.29, 0.717) is 31.0 Å². The SMILES string of the molecule is NNC(=O)c1coc(CN2CCS(=O)(=O)CC2)c1. The smallest absolute Gasteiger partial charge is 0.268 e. The number of hydrazine groups is 1. The summed E-state index contributed by atoms with van der Waals surface area (Å²) in [6.07, 6.45) is 1.33. The zero-order valence-electron chi connectivity index (χ0n) is 9.76. The molecule has 1 aromatic heterocycles. The molecule has 3 N–H and O–H groups in total. The highest BCUT2D eigenvalue weighted by Crippen LogP contribution is 2.13. The van der Waals surface area contributed by atoms with Gasteiger partial charge in [0.25, 0.3) is 5.91 Å². The predicted molar refractivity (Wildman–Crippen MR) is 64.3 cm³/mol. The van der Waals surface area contributed by atoms with Crippen LogP contribution in [0.5, 0.6) is 0 Å². The summed E-state index contributed by atoms with van der Waals surface area (Å²) < 4.78 is 27.8. The van der Waals surface area contributed by atoms with E-state index in [0.717, 1.165) is 0 Å². The van der Waals surface area contributed by atoms with E-state index in [2.05, 4.69) is 0 Å². The first-order chi connectivity index (χ1) is 8.50. The number of hydrogen-bond acceptors (Lipinski definition) is 6. The topological polar surface area (TPSA) is 106 Å². The molecule has 100 valence electrons. The van der Waals surface area contributed by atoms with E-state index in [1.807, 2.05) is 10.3 Å². The molecule has 0 saturated carbocycles. The van der Waals surface area contributed by atoms with Gasteiger partial charge in [0, 0.05) is 13.1 Å². The van der Waals surface area contributed by atoms with E-state index in [1.54, 1.807) is 6.07 Å². The van der Waals surface area contributed by atoms with E-state index in [9.17, 15) is 13.2 Å². The van der Waals surface area contributed by atoms with Crippen LogP contribution in [0.2, 0.25) is 0 Å². The number of carbonyl (C=O) groups excluding carboxylic acids is 1. The van der Waals surface area contributed by atoms with E-state index < -0.39 is 15.7 Å². The molecule has 0 atom stereocenters. The van der Waals surface area contributed by atoms with E-state index in [-0.39, 0.29) is 11.5 Å². The van der Waals surface area contributed by atoms with Crippen LogP contribution in [0, 0.1) is 0 Å². The average molecular weight is 273 g/mol. The van der Waals surface area contributed by atoms with E-state index in [4.69, 9.17) is 10.3 Å². The number of carbonyl (C=O) groups is 1. The third-order valence-electron chi connectivity index (χ3n) is 2.86. The maximum atomic E-state index is 11.3. The Morgan fingerprint density at radius 1 is 1.44 bits per heavy atom. The van der Waals surface area contributed by atoms with Gasteiger partial charge >= 0.3 is 0 Å². The molecule has 2 rings (SSSR count). The summed E-state index contributed by atoms with van der Waals surface area (Å²) in [6, 6.07) is 1.60. The van der Waals surface area contributed by atoms with Gasteiger partial charge in [-0.2, -0.15) is 0 Å². The van der Waals surface area contributed by atoms with Crippen molar-refractivity contribution in [3.63, 3.8) is 0 Å². The fraction of sp³-hybridized carbons (Fsp3) is 0.500. The van der Waals surface area contributed by atoms with Gasteiger partial charge in [0.1, 0.15) is 12.0 Å². The molecule has 8 heteroatoms. The molecule has 1 amide bonds. The second-order valence-electron chi connectivity index (χ2n) is 4.20. The molecule has 1 saturated heterocycles. The highest BCUT2D eigenvalue weighted by Gasteiger charge is 2.22. The number of hydrogen-bond donors (Lipinski definition) is 2. The molecule has 2 heterocycles. The Morgan fingerprint density at radius 3 is 2.72 bits per heavy atom. The summed E-state index contributed by atoms with van der Waals surface area (Å²) in [5, 5.41) is 0. The van der Waals surface area contributed by atoms with Crippen LogP contribution in [0.3, 0.4) is 0 Å². The Bertz CT molecular complexity index is 523. The molecular weight excluding hydrogens is 258 g/mol. The summed E-state index contributed by atoms with van der Waals surface area (Å²) in [5.74, 6) is 5.56. The Hall–Kier alpha value is -1.38. The Balaban J connectivity index is 1.94. The van der Waals surface area contributed by atoms with Crippen LogP contribution < -0.4 is 11.3 Å². The van der Waals surface area contributed by atoms with Crippen LogP contribution >= 0.6 is 0 Å². The molecule has 0 aliphatic carbocycles. The van der Waals surface area contributed by atoms with Crippen LogP contribution in [0.4, 0.5) is 0 Å². The first-order valence-corrected chi connectivity index (χ1v) is 7.33. The molecule has 1 aliphatic heterocycles. The quantitative estimate of drug-likeness (QED) is 0.420. The van der Waals surface area contributed by atoms with Gasteiger partial charge in [0.15, 0.2) is 9.84 Å². The third kappa shape index (κ3) is 3.09. The van der Waals surface area contributed by atoms with Crippen molar-refractivity contribution in [2.24, 2.45) is 5.84 Å². The molecule has 1 fully saturated rings. The number of nitrogens with one attached hydrogen (secondary N) is 1. The first-order valence-electron chi connectivity index (χ1n) is 5.51. The minimum atomic E-state index is -2.87. The van der Waals surface area contributed by atoms with Crippen molar-refractivity contribution < 1.29 is 17.6 Å².